The molecule has 158 valence electrons. The first-order valence-corrected chi connectivity index (χ1v) is 11.3. The molecule has 0 atom stereocenters. The second kappa shape index (κ2) is 10.3. The minimum Gasteiger partial charge on any atom is -0.487 e. The minimum atomic E-state index is -0.353. The van der Waals surface area contributed by atoms with Crippen LogP contribution in [0.25, 0.3) is 10.7 Å². The lowest BCUT2D eigenvalue weighted by atomic mass is 9.98. The summed E-state index contributed by atoms with van der Waals surface area (Å²) in [4.78, 5) is 23.6. The van der Waals surface area contributed by atoms with Crippen LogP contribution < -0.4 is 4.74 Å². The molecule has 1 fully saturated rings. The molecule has 0 aromatic carbocycles. The number of amides is 1. The molecule has 8 heteroatoms. The summed E-state index contributed by atoms with van der Waals surface area (Å²) in [6, 6.07) is 1.81. The first-order chi connectivity index (χ1) is 14.0. The van der Waals surface area contributed by atoms with Crippen LogP contribution in [0.1, 0.15) is 56.7 Å². The van der Waals surface area contributed by atoms with Crippen LogP contribution in [0.5, 0.6) is 5.75 Å². The lowest BCUT2D eigenvalue weighted by Crippen LogP contribution is -2.27. The largest absolute Gasteiger partial charge is 0.487 e. The zero-order valence-corrected chi connectivity index (χ0v) is 18.8. The molecule has 3 rings (SSSR count). The van der Waals surface area contributed by atoms with E-state index in [0.717, 1.165) is 41.1 Å². The van der Waals surface area contributed by atoms with Gasteiger partial charge in [-0.1, -0.05) is 24.9 Å². The van der Waals surface area contributed by atoms with Gasteiger partial charge in [0.05, 0.1) is 27.2 Å². The Kier molecular flexibility index (Phi) is 7.72. The maximum absolute atomic E-state index is 12.1. The number of hydrogen-bond acceptors (Lipinski definition) is 6. The van der Waals surface area contributed by atoms with Crippen LogP contribution in [-0.2, 0) is 11.3 Å². The molecule has 2 heterocycles. The second-order valence-corrected chi connectivity index (χ2v) is 9.09. The fraction of sp³-hybridized carbons (Fsp3) is 0.571. The molecule has 2 aromatic rings. The average Bonchev–Trinajstić information content (AvgIpc) is 3.09. The summed E-state index contributed by atoms with van der Waals surface area (Å²) in [7, 11) is 1.73. The van der Waals surface area contributed by atoms with E-state index < -0.39 is 0 Å². The van der Waals surface area contributed by atoms with Crippen LogP contribution in [0.3, 0.4) is 0 Å². The van der Waals surface area contributed by atoms with Gasteiger partial charge >= 0.3 is 6.09 Å². The van der Waals surface area contributed by atoms with Crippen molar-refractivity contribution in [1.29, 1.82) is 0 Å². The summed E-state index contributed by atoms with van der Waals surface area (Å²) in [6.45, 7) is 4.73. The van der Waals surface area contributed by atoms with Crippen LogP contribution in [0.4, 0.5) is 4.79 Å². The van der Waals surface area contributed by atoms with E-state index in [1.165, 1.54) is 30.6 Å². The number of halogens is 1. The van der Waals surface area contributed by atoms with Crippen molar-refractivity contribution in [2.75, 3.05) is 13.6 Å². The van der Waals surface area contributed by atoms with Crippen LogP contribution >= 0.6 is 22.9 Å². The van der Waals surface area contributed by atoms with Gasteiger partial charge in [-0.25, -0.2) is 14.8 Å². The number of aryl methyl sites for hydroxylation is 1. The van der Waals surface area contributed by atoms with Crippen molar-refractivity contribution in [2.24, 2.45) is 0 Å². The van der Waals surface area contributed by atoms with E-state index in [-0.39, 0.29) is 18.8 Å². The van der Waals surface area contributed by atoms with Gasteiger partial charge in [0.2, 0.25) is 0 Å². The van der Waals surface area contributed by atoms with Gasteiger partial charge in [-0.15, -0.1) is 11.3 Å². The summed E-state index contributed by atoms with van der Waals surface area (Å²) in [6.07, 6.45) is 8.41. The third-order valence-electron chi connectivity index (χ3n) is 4.98. The van der Waals surface area contributed by atoms with Crippen molar-refractivity contribution in [3.63, 3.8) is 0 Å². The molecule has 1 aliphatic carbocycles. The first-order valence-electron chi connectivity index (χ1n) is 10.1. The van der Waals surface area contributed by atoms with Crippen molar-refractivity contribution in [1.82, 2.24) is 14.9 Å². The summed E-state index contributed by atoms with van der Waals surface area (Å²) in [5.41, 5.74) is 1.61. The quantitative estimate of drug-likeness (QED) is 0.543. The van der Waals surface area contributed by atoms with E-state index in [9.17, 15) is 4.79 Å². The molecule has 0 bridgehead atoms. The Morgan fingerprint density at radius 2 is 2.10 bits per heavy atom. The number of nitrogens with zero attached hydrogens (tertiary/aromatic N) is 3. The maximum atomic E-state index is 12.1. The number of rotatable bonds is 7. The molecule has 29 heavy (non-hydrogen) atoms. The Morgan fingerprint density at radius 1 is 1.34 bits per heavy atom. The normalized spacial score (nSPS) is 14.6. The fourth-order valence-electron chi connectivity index (χ4n) is 3.41. The lowest BCUT2D eigenvalue weighted by molar-refractivity contribution is 0.105. The lowest BCUT2D eigenvalue weighted by Gasteiger charge is -2.23. The van der Waals surface area contributed by atoms with Gasteiger partial charge in [0.25, 0.3) is 0 Å². The van der Waals surface area contributed by atoms with E-state index in [4.69, 9.17) is 21.1 Å². The molecule has 1 saturated carbocycles. The van der Waals surface area contributed by atoms with Crippen molar-refractivity contribution < 1.29 is 14.3 Å². The van der Waals surface area contributed by atoms with Crippen LogP contribution in [-0.4, -0.2) is 40.7 Å². The van der Waals surface area contributed by atoms with Gasteiger partial charge < -0.3 is 14.4 Å². The Bertz CT molecular complexity index is 837. The highest BCUT2D eigenvalue weighted by Gasteiger charge is 2.19. The predicted octanol–water partition coefficient (Wildman–Crippen LogP) is 5.86. The number of hydrogen-bond donors (Lipinski definition) is 0. The van der Waals surface area contributed by atoms with Crippen LogP contribution in [0, 0.1) is 6.92 Å². The summed E-state index contributed by atoms with van der Waals surface area (Å²) >= 11 is 7.61. The molecule has 2 aromatic heterocycles. The SMILES string of the molecule is CCCN(C)C(=O)OCc1cc(Cl)sc1-c1ncc(OC2CCCCC2)c(C)n1. The van der Waals surface area contributed by atoms with E-state index >= 15 is 0 Å². The van der Waals surface area contributed by atoms with E-state index in [1.54, 1.807) is 24.2 Å². The maximum Gasteiger partial charge on any atom is 0.409 e. The first kappa shape index (κ1) is 21.8. The number of carbonyl (C=O) groups excluding carboxylic acids is 1. The summed E-state index contributed by atoms with van der Waals surface area (Å²) in [5, 5.41) is 0. The molecular weight excluding hydrogens is 410 g/mol. The van der Waals surface area contributed by atoms with Gasteiger partial charge in [-0.05, 0) is 45.1 Å². The fourth-order valence-corrected chi connectivity index (χ4v) is 4.61. The van der Waals surface area contributed by atoms with E-state index in [0.29, 0.717) is 16.7 Å². The Balaban J connectivity index is 1.71. The molecule has 0 aliphatic heterocycles. The topological polar surface area (TPSA) is 64.6 Å². The molecule has 0 spiro atoms. The molecular formula is C21H28ClN3O3S. The molecule has 6 nitrogen and oxygen atoms in total. The zero-order valence-electron chi connectivity index (χ0n) is 17.2. The third kappa shape index (κ3) is 5.82. The highest BCUT2D eigenvalue weighted by atomic mass is 35.5. The van der Waals surface area contributed by atoms with E-state index in [2.05, 4.69) is 9.97 Å². The molecule has 0 unspecified atom stereocenters. The smallest absolute Gasteiger partial charge is 0.409 e. The molecule has 1 aliphatic rings. The Morgan fingerprint density at radius 3 is 2.79 bits per heavy atom. The summed E-state index contributed by atoms with van der Waals surface area (Å²) in [5.74, 6) is 1.31. The van der Waals surface area contributed by atoms with Gasteiger partial charge in [0.1, 0.15) is 6.61 Å². The molecule has 0 saturated heterocycles. The predicted molar refractivity (Wildman–Crippen MR) is 116 cm³/mol. The second-order valence-electron chi connectivity index (χ2n) is 7.40. The number of aromatic nitrogens is 2. The van der Waals surface area contributed by atoms with Gasteiger partial charge in [0, 0.05) is 19.2 Å². The highest BCUT2D eigenvalue weighted by molar-refractivity contribution is 7.19. The third-order valence-corrected chi connectivity index (χ3v) is 6.29. The Labute approximate surface area is 181 Å². The van der Waals surface area contributed by atoms with Crippen molar-refractivity contribution in [3.05, 3.63) is 27.9 Å². The van der Waals surface area contributed by atoms with Crippen molar-refractivity contribution in [2.45, 2.75) is 65.1 Å². The van der Waals surface area contributed by atoms with Gasteiger partial charge in [-0.3, -0.25) is 0 Å². The standard InChI is InChI=1S/C21H28ClN3O3S/c1-4-10-25(3)21(26)27-13-15-11-18(22)29-19(15)20-23-12-17(14(2)24-20)28-16-8-6-5-7-9-16/h11-12,16H,4-10,13H2,1-3H3. The number of thiophene rings is 1. The molecule has 0 N–H and O–H groups in total. The minimum absolute atomic E-state index is 0.133. The monoisotopic (exact) mass is 437 g/mol. The van der Waals surface area contributed by atoms with E-state index in [1.807, 2.05) is 13.8 Å². The zero-order chi connectivity index (χ0) is 20.8. The van der Waals surface area contributed by atoms with Crippen molar-refractivity contribution >= 4 is 29.0 Å². The number of carbonyl (C=O) groups is 1. The molecule has 0 radical (unpaired) electrons. The Hall–Kier alpha value is -1.86. The van der Waals surface area contributed by atoms with Crippen LogP contribution in [0.15, 0.2) is 12.3 Å². The van der Waals surface area contributed by atoms with Gasteiger partial charge in [0.15, 0.2) is 11.6 Å². The van der Waals surface area contributed by atoms with Crippen molar-refractivity contribution in [3.8, 4) is 16.5 Å². The van der Waals surface area contributed by atoms with Gasteiger partial charge in [-0.2, -0.15) is 0 Å². The molecule has 1 amide bonds. The highest BCUT2D eigenvalue weighted by Crippen LogP contribution is 2.35. The summed E-state index contributed by atoms with van der Waals surface area (Å²) < 4.78 is 12.2. The average molecular weight is 438 g/mol. The van der Waals surface area contributed by atoms with Crippen LogP contribution in [0.2, 0.25) is 4.34 Å². The number of ether oxygens (including phenoxy) is 2.